The molecule has 1 saturated carbocycles. The predicted molar refractivity (Wildman–Crippen MR) is 69.6 cm³/mol. The van der Waals surface area contributed by atoms with E-state index in [0.29, 0.717) is 25.8 Å². The van der Waals surface area contributed by atoms with Gasteiger partial charge in [-0.1, -0.05) is 0 Å². The van der Waals surface area contributed by atoms with E-state index in [9.17, 15) is 9.59 Å². The van der Waals surface area contributed by atoms with E-state index < -0.39 is 18.1 Å². The maximum Gasteiger partial charge on any atom is 0.407 e. The van der Waals surface area contributed by atoms with Crippen LogP contribution < -0.4 is 16.8 Å². The second-order valence-corrected chi connectivity index (χ2v) is 4.91. The Morgan fingerprint density at radius 1 is 1.37 bits per heavy atom. The maximum absolute atomic E-state index is 11.4. The van der Waals surface area contributed by atoms with Crippen molar-refractivity contribution >= 4 is 12.1 Å². The van der Waals surface area contributed by atoms with Gasteiger partial charge >= 0.3 is 12.1 Å². The molecule has 1 aliphatic rings. The summed E-state index contributed by atoms with van der Waals surface area (Å²) in [6.07, 6.45) is 3.80. The number of carboxylic acid groups (broad SMARTS) is 1. The number of rotatable bonds is 7. The minimum absolute atomic E-state index is 0.0562. The van der Waals surface area contributed by atoms with Crippen molar-refractivity contribution in [3.8, 4) is 0 Å². The molecule has 0 aromatic rings. The third-order valence-electron chi connectivity index (χ3n) is 3.29. The van der Waals surface area contributed by atoms with Crippen LogP contribution in [0.4, 0.5) is 4.79 Å². The van der Waals surface area contributed by atoms with Crippen molar-refractivity contribution in [2.75, 3.05) is 6.54 Å². The summed E-state index contributed by atoms with van der Waals surface area (Å²) in [7, 11) is 0. The van der Waals surface area contributed by atoms with E-state index in [4.69, 9.17) is 21.3 Å². The Morgan fingerprint density at radius 3 is 2.68 bits per heavy atom. The van der Waals surface area contributed by atoms with E-state index in [1.807, 2.05) is 0 Å². The van der Waals surface area contributed by atoms with Crippen molar-refractivity contribution < 1.29 is 19.4 Å². The molecule has 0 heterocycles. The lowest BCUT2D eigenvalue weighted by atomic mass is 10.1. The van der Waals surface area contributed by atoms with Crippen LogP contribution in [-0.4, -0.2) is 41.9 Å². The Bertz CT molecular complexity index is 311. The Labute approximate surface area is 112 Å². The molecule has 110 valence electrons. The first-order valence-electron chi connectivity index (χ1n) is 6.69. The first-order valence-corrected chi connectivity index (χ1v) is 6.69. The molecule has 19 heavy (non-hydrogen) atoms. The largest absolute Gasteiger partial charge is 0.480 e. The predicted octanol–water partition coefficient (Wildman–Crippen LogP) is 0.175. The molecule has 1 amide bonds. The summed E-state index contributed by atoms with van der Waals surface area (Å²) in [5.74, 6) is -0.998. The van der Waals surface area contributed by atoms with E-state index in [0.717, 1.165) is 19.3 Å². The third kappa shape index (κ3) is 5.89. The molecule has 7 nitrogen and oxygen atoms in total. The quantitative estimate of drug-likeness (QED) is 0.490. The Balaban J connectivity index is 2.03. The Hall–Kier alpha value is -1.34. The second-order valence-electron chi connectivity index (χ2n) is 4.91. The normalized spacial score (nSPS) is 23.9. The number of nitrogens with two attached hydrogens (primary N) is 2. The molecule has 1 aliphatic carbocycles. The van der Waals surface area contributed by atoms with Crippen molar-refractivity contribution in [3.63, 3.8) is 0 Å². The minimum Gasteiger partial charge on any atom is -0.480 e. The van der Waals surface area contributed by atoms with Gasteiger partial charge in [0, 0.05) is 12.6 Å². The minimum atomic E-state index is -0.998. The molecule has 0 saturated heterocycles. The van der Waals surface area contributed by atoms with Crippen LogP contribution >= 0.6 is 0 Å². The van der Waals surface area contributed by atoms with Crippen molar-refractivity contribution in [3.05, 3.63) is 0 Å². The van der Waals surface area contributed by atoms with Crippen molar-refractivity contribution in [1.29, 1.82) is 0 Å². The van der Waals surface area contributed by atoms with E-state index in [1.54, 1.807) is 0 Å². The van der Waals surface area contributed by atoms with Gasteiger partial charge in [0.15, 0.2) is 0 Å². The van der Waals surface area contributed by atoms with Crippen LogP contribution in [0.1, 0.15) is 38.5 Å². The number of carbonyl (C=O) groups excluding carboxylic acids is 1. The van der Waals surface area contributed by atoms with Gasteiger partial charge < -0.3 is 26.6 Å². The van der Waals surface area contributed by atoms with Gasteiger partial charge in [-0.3, -0.25) is 4.79 Å². The highest BCUT2D eigenvalue weighted by Crippen LogP contribution is 2.20. The standard InChI is InChI=1S/C12H23N3O4/c13-8-5-3-6-10(8)19-12(18)15-7-2-1-4-9(14)11(16)17/h8-10H,1-7,13-14H2,(H,15,18)(H,16,17)/t8?,9-,10?/m0/s1. The van der Waals surface area contributed by atoms with Gasteiger partial charge in [0.05, 0.1) is 0 Å². The van der Waals surface area contributed by atoms with Crippen LogP contribution in [0.5, 0.6) is 0 Å². The fraction of sp³-hybridized carbons (Fsp3) is 0.833. The zero-order valence-electron chi connectivity index (χ0n) is 11.0. The fourth-order valence-corrected chi connectivity index (χ4v) is 2.08. The molecule has 0 aromatic carbocycles. The number of ether oxygens (including phenoxy) is 1. The number of hydrogen-bond acceptors (Lipinski definition) is 5. The van der Waals surface area contributed by atoms with Crippen LogP contribution in [0.3, 0.4) is 0 Å². The number of unbranched alkanes of at least 4 members (excludes halogenated alkanes) is 1. The Morgan fingerprint density at radius 2 is 2.11 bits per heavy atom. The zero-order chi connectivity index (χ0) is 14.3. The van der Waals surface area contributed by atoms with Crippen LogP contribution in [-0.2, 0) is 9.53 Å². The summed E-state index contributed by atoms with van der Waals surface area (Å²) < 4.78 is 5.20. The number of aliphatic carboxylic acids is 1. The molecule has 3 atom stereocenters. The summed E-state index contributed by atoms with van der Waals surface area (Å²) in [5.41, 5.74) is 11.1. The zero-order valence-corrected chi connectivity index (χ0v) is 11.0. The molecule has 1 fully saturated rings. The number of amides is 1. The van der Waals surface area contributed by atoms with Gasteiger partial charge in [-0.15, -0.1) is 0 Å². The van der Waals surface area contributed by atoms with E-state index in [1.165, 1.54) is 0 Å². The Kier molecular flexibility index (Phi) is 6.58. The fourth-order valence-electron chi connectivity index (χ4n) is 2.08. The molecule has 0 aromatic heterocycles. The van der Waals surface area contributed by atoms with Crippen LogP contribution in [0, 0.1) is 0 Å². The number of carbonyl (C=O) groups is 2. The lowest BCUT2D eigenvalue weighted by molar-refractivity contribution is -0.138. The number of carboxylic acids is 1. The van der Waals surface area contributed by atoms with Crippen molar-refractivity contribution in [2.24, 2.45) is 11.5 Å². The highest BCUT2D eigenvalue weighted by Gasteiger charge is 2.27. The van der Waals surface area contributed by atoms with Gasteiger partial charge in [-0.2, -0.15) is 0 Å². The summed E-state index contributed by atoms with van der Waals surface area (Å²) >= 11 is 0. The molecule has 2 unspecified atom stereocenters. The van der Waals surface area contributed by atoms with Gasteiger partial charge in [0.25, 0.3) is 0 Å². The molecule has 6 N–H and O–H groups in total. The number of alkyl carbamates (subject to hydrolysis) is 1. The summed E-state index contributed by atoms with van der Waals surface area (Å²) in [5, 5.41) is 11.2. The summed E-state index contributed by atoms with van der Waals surface area (Å²) in [6, 6.07) is -0.886. The maximum atomic E-state index is 11.4. The molecular weight excluding hydrogens is 250 g/mol. The van der Waals surface area contributed by atoms with Crippen molar-refractivity contribution in [1.82, 2.24) is 5.32 Å². The topological polar surface area (TPSA) is 128 Å². The SMILES string of the molecule is NC1CCCC1OC(=O)NCCCC[C@H](N)C(=O)O. The number of hydrogen-bond donors (Lipinski definition) is 4. The van der Waals surface area contributed by atoms with E-state index in [-0.39, 0.29) is 12.1 Å². The summed E-state index contributed by atoms with van der Waals surface area (Å²) in [4.78, 5) is 21.9. The first-order chi connectivity index (χ1) is 9.00. The number of nitrogens with one attached hydrogen (secondary N) is 1. The molecule has 0 bridgehead atoms. The molecule has 1 rings (SSSR count). The first kappa shape index (κ1) is 15.7. The monoisotopic (exact) mass is 273 g/mol. The third-order valence-corrected chi connectivity index (χ3v) is 3.29. The lowest BCUT2D eigenvalue weighted by Crippen LogP contribution is -2.37. The van der Waals surface area contributed by atoms with Crippen LogP contribution in [0.15, 0.2) is 0 Å². The van der Waals surface area contributed by atoms with Gasteiger partial charge in [0.2, 0.25) is 0 Å². The van der Waals surface area contributed by atoms with Crippen LogP contribution in [0.2, 0.25) is 0 Å². The van der Waals surface area contributed by atoms with Crippen LogP contribution in [0.25, 0.3) is 0 Å². The smallest absolute Gasteiger partial charge is 0.407 e. The summed E-state index contributed by atoms with van der Waals surface area (Å²) in [6.45, 7) is 0.452. The average Bonchev–Trinajstić information content (AvgIpc) is 2.74. The van der Waals surface area contributed by atoms with E-state index >= 15 is 0 Å². The molecule has 0 aliphatic heterocycles. The van der Waals surface area contributed by atoms with Gasteiger partial charge in [-0.25, -0.2) is 4.79 Å². The van der Waals surface area contributed by atoms with E-state index in [2.05, 4.69) is 5.32 Å². The molecule has 0 spiro atoms. The molecule has 0 radical (unpaired) electrons. The highest BCUT2D eigenvalue weighted by atomic mass is 16.6. The second kappa shape index (κ2) is 7.96. The highest BCUT2D eigenvalue weighted by molar-refractivity contribution is 5.72. The van der Waals surface area contributed by atoms with Gasteiger partial charge in [0.1, 0.15) is 12.1 Å². The van der Waals surface area contributed by atoms with Gasteiger partial charge in [-0.05, 0) is 38.5 Å². The molecular formula is C12H23N3O4. The average molecular weight is 273 g/mol. The molecule has 7 heteroatoms. The lowest BCUT2D eigenvalue weighted by Gasteiger charge is -2.16. The van der Waals surface area contributed by atoms with Crippen molar-refractivity contribution in [2.45, 2.75) is 56.7 Å².